The lowest BCUT2D eigenvalue weighted by atomic mass is 10.1. The highest BCUT2D eigenvalue weighted by Crippen LogP contribution is 2.35. The van der Waals surface area contributed by atoms with Gasteiger partial charge in [0.05, 0.1) is 13.2 Å². The molecular formula is C17H37N2O6P. The molecular weight excluding hydrogens is 359 g/mol. The molecule has 0 saturated carbocycles. The number of rotatable bonds is 18. The van der Waals surface area contributed by atoms with Gasteiger partial charge in [-0.05, 0) is 6.42 Å². The Morgan fingerprint density at radius 2 is 1.42 bits per heavy atom. The first-order valence-corrected chi connectivity index (χ1v) is 11.3. The lowest BCUT2D eigenvalue weighted by Gasteiger charge is -2.12. The number of amides is 1. The zero-order valence-corrected chi connectivity index (χ0v) is 16.9. The number of phosphoric ester groups is 1. The molecule has 0 aromatic carbocycles. The molecule has 1 amide bonds. The molecule has 8 nitrogen and oxygen atoms in total. The molecule has 0 aliphatic carbocycles. The highest BCUT2D eigenvalue weighted by molar-refractivity contribution is 7.46. The van der Waals surface area contributed by atoms with Gasteiger partial charge < -0.3 is 15.5 Å². The summed E-state index contributed by atoms with van der Waals surface area (Å²) >= 11 is 0. The fraction of sp³-hybridized carbons (Fsp3) is 0.941. The molecule has 0 fully saturated rings. The molecule has 0 unspecified atom stereocenters. The van der Waals surface area contributed by atoms with Gasteiger partial charge in [-0.15, -0.1) is 0 Å². The summed E-state index contributed by atoms with van der Waals surface area (Å²) in [4.78, 5) is 33.5. The van der Waals surface area contributed by atoms with Crippen LogP contribution in [0.25, 0.3) is 0 Å². The van der Waals surface area contributed by atoms with Gasteiger partial charge in [-0.2, -0.15) is 0 Å². The van der Waals surface area contributed by atoms with Crippen LogP contribution in [0.15, 0.2) is 0 Å². The molecule has 0 aliphatic rings. The highest BCUT2D eigenvalue weighted by atomic mass is 31.2. The number of hydroxylamine groups is 1. The maximum atomic E-state index is 11.5. The molecule has 5 N–H and O–H groups in total. The van der Waals surface area contributed by atoms with Crippen LogP contribution in [-0.4, -0.2) is 34.9 Å². The standard InChI is InChI=1S/C17H37N2O6P/c1-2-3-4-5-6-7-8-9-10-11-12-13-14-24-19-17(20)16(18)15-25-26(21,22)23/h16H,2-15,18H2,1H3,(H,19,20)(H2,21,22,23)/t16-/m0/s1. The van der Waals surface area contributed by atoms with Gasteiger partial charge in [-0.3, -0.25) is 14.2 Å². The summed E-state index contributed by atoms with van der Waals surface area (Å²) in [5, 5.41) is 0. The Hall–Kier alpha value is -0.500. The van der Waals surface area contributed by atoms with E-state index in [9.17, 15) is 9.36 Å². The Morgan fingerprint density at radius 3 is 1.88 bits per heavy atom. The first-order valence-electron chi connectivity index (χ1n) is 9.74. The number of carbonyl (C=O) groups excluding carboxylic acids is 1. The Balaban J connectivity index is 3.32. The summed E-state index contributed by atoms with van der Waals surface area (Å²) in [5.74, 6) is -0.669. The number of unbranched alkanes of at least 4 members (excludes halogenated alkanes) is 11. The van der Waals surface area contributed by atoms with Gasteiger partial charge in [0.2, 0.25) is 0 Å². The maximum Gasteiger partial charge on any atom is 0.469 e. The molecule has 0 rings (SSSR count). The Kier molecular flexibility index (Phi) is 16.3. The summed E-state index contributed by atoms with van der Waals surface area (Å²) in [6.45, 7) is 2.05. The normalized spacial score (nSPS) is 12.9. The average molecular weight is 396 g/mol. The summed E-state index contributed by atoms with van der Waals surface area (Å²) < 4.78 is 14.7. The van der Waals surface area contributed by atoms with Crippen molar-refractivity contribution in [3.8, 4) is 0 Å². The largest absolute Gasteiger partial charge is 0.469 e. The van der Waals surface area contributed by atoms with E-state index in [2.05, 4.69) is 16.9 Å². The second-order valence-electron chi connectivity index (χ2n) is 6.60. The van der Waals surface area contributed by atoms with Gasteiger partial charge >= 0.3 is 7.82 Å². The number of nitrogens with two attached hydrogens (primary N) is 1. The molecule has 0 saturated heterocycles. The third-order valence-corrected chi connectivity index (χ3v) is 4.52. The quantitative estimate of drug-likeness (QED) is 0.159. The number of carbonyl (C=O) groups is 1. The number of hydrogen-bond acceptors (Lipinski definition) is 5. The van der Waals surface area contributed by atoms with Gasteiger partial charge in [0.25, 0.3) is 5.91 Å². The predicted molar refractivity (Wildman–Crippen MR) is 101 cm³/mol. The van der Waals surface area contributed by atoms with Crippen LogP contribution in [-0.2, 0) is 18.7 Å². The zero-order valence-electron chi connectivity index (χ0n) is 16.0. The molecule has 0 aromatic heterocycles. The van der Waals surface area contributed by atoms with Crippen molar-refractivity contribution in [1.82, 2.24) is 5.48 Å². The van der Waals surface area contributed by atoms with E-state index in [4.69, 9.17) is 20.4 Å². The average Bonchev–Trinajstić information content (AvgIpc) is 2.59. The van der Waals surface area contributed by atoms with Crippen molar-refractivity contribution in [3.05, 3.63) is 0 Å². The first kappa shape index (κ1) is 25.5. The number of nitrogens with one attached hydrogen (secondary N) is 1. The Labute approximate surface area is 157 Å². The van der Waals surface area contributed by atoms with Crippen molar-refractivity contribution >= 4 is 13.7 Å². The minimum absolute atomic E-state index is 0.384. The minimum atomic E-state index is -4.62. The lowest BCUT2D eigenvalue weighted by molar-refractivity contribution is -0.135. The second kappa shape index (κ2) is 16.7. The van der Waals surface area contributed by atoms with Crippen LogP contribution in [0.2, 0.25) is 0 Å². The molecule has 0 aromatic rings. The molecule has 0 radical (unpaired) electrons. The van der Waals surface area contributed by atoms with Crippen LogP contribution in [0.5, 0.6) is 0 Å². The van der Waals surface area contributed by atoms with Crippen molar-refractivity contribution in [2.24, 2.45) is 5.73 Å². The Morgan fingerprint density at radius 1 is 0.962 bits per heavy atom. The SMILES string of the molecule is CCCCCCCCCCCCCCONC(=O)[C@@H](N)COP(=O)(O)O. The van der Waals surface area contributed by atoms with Crippen molar-refractivity contribution in [2.45, 2.75) is 90.0 Å². The molecule has 0 spiro atoms. The topological polar surface area (TPSA) is 131 Å². The molecule has 0 aliphatic heterocycles. The monoisotopic (exact) mass is 396 g/mol. The molecule has 156 valence electrons. The van der Waals surface area contributed by atoms with Crippen LogP contribution in [0.4, 0.5) is 0 Å². The van der Waals surface area contributed by atoms with Crippen molar-refractivity contribution in [1.29, 1.82) is 0 Å². The van der Waals surface area contributed by atoms with Crippen molar-refractivity contribution in [2.75, 3.05) is 13.2 Å². The molecule has 26 heavy (non-hydrogen) atoms. The third-order valence-electron chi connectivity index (χ3n) is 4.03. The molecule has 0 heterocycles. The van der Waals surface area contributed by atoms with E-state index in [-0.39, 0.29) is 0 Å². The van der Waals surface area contributed by atoms with Gasteiger partial charge in [-0.1, -0.05) is 77.6 Å². The van der Waals surface area contributed by atoms with Gasteiger partial charge in [0, 0.05) is 0 Å². The van der Waals surface area contributed by atoms with Crippen LogP contribution >= 0.6 is 7.82 Å². The Bertz CT molecular complexity index is 391. The summed E-state index contributed by atoms with van der Waals surface area (Å²) in [5.41, 5.74) is 7.58. The summed E-state index contributed by atoms with van der Waals surface area (Å²) in [6.07, 6.45) is 14.9. The fourth-order valence-electron chi connectivity index (χ4n) is 2.47. The maximum absolute atomic E-state index is 11.5. The van der Waals surface area contributed by atoms with Crippen LogP contribution in [0, 0.1) is 0 Å². The smallest absolute Gasteiger partial charge is 0.318 e. The van der Waals surface area contributed by atoms with E-state index in [1.807, 2.05) is 0 Å². The van der Waals surface area contributed by atoms with Crippen LogP contribution in [0.3, 0.4) is 0 Å². The number of phosphoric acid groups is 1. The molecule has 9 heteroatoms. The van der Waals surface area contributed by atoms with Crippen molar-refractivity contribution in [3.63, 3.8) is 0 Å². The van der Waals surface area contributed by atoms with E-state index in [0.29, 0.717) is 6.61 Å². The van der Waals surface area contributed by atoms with E-state index in [1.54, 1.807) is 0 Å². The van der Waals surface area contributed by atoms with Crippen molar-refractivity contribution < 1.29 is 28.5 Å². The third kappa shape index (κ3) is 18.3. The van der Waals surface area contributed by atoms with Crippen LogP contribution in [0.1, 0.15) is 84.0 Å². The van der Waals surface area contributed by atoms with E-state index >= 15 is 0 Å². The van der Waals surface area contributed by atoms with Gasteiger partial charge in [0.15, 0.2) is 0 Å². The zero-order chi connectivity index (χ0) is 19.7. The van der Waals surface area contributed by atoms with Crippen LogP contribution < -0.4 is 11.2 Å². The predicted octanol–water partition coefficient (Wildman–Crippen LogP) is 3.17. The van der Waals surface area contributed by atoms with Gasteiger partial charge in [-0.25, -0.2) is 10.0 Å². The molecule has 0 bridgehead atoms. The van der Waals surface area contributed by atoms with Gasteiger partial charge in [0.1, 0.15) is 6.04 Å². The number of hydrogen-bond donors (Lipinski definition) is 4. The fourth-order valence-corrected chi connectivity index (χ4v) is 2.82. The molecule has 1 atom stereocenters. The summed E-state index contributed by atoms with van der Waals surface area (Å²) in [7, 11) is -4.62. The van der Waals surface area contributed by atoms with E-state index in [0.717, 1.165) is 19.3 Å². The minimum Gasteiger partial charge on any atom is -0.318 e. The lowest BCUT2D eigenvalue weighted by Crippen LogP contribution is -2.43. The first-order chi connectivity index (χ1) is 12.4. The second-order valence-corrected chi connectivity index (χ2v) is 7.84. The summed E-state index contributed by atoms with van der Waals surface area (Å²) in [6, 6.07) is -1.19. The van der Waals surface area contributed by atoms with E-state index < -0.39 is 26.4 Å². The van der Waals surface area contributed by atoms with E-state index in [1.165, 1.54) is 57.8 Å². The highest BCUT2D eigenvalue weighted by Gasteiger charge is 2.20.